The van der Waals surface area contributed by atoms with Crippen molar-refractivity contribution in [2.45, 2.75) is 19.4 Å². The van der Waals surface area contributed by atoms with E-state index in [1.165, 1.54) is 5.56 Å². The van der Waals surface area contributed by atoms with Gasteiger partial charge in [0, 0.05) is 6.92 Å². The number of hydrogen-bond donors (Lipinski definition) is 1. The van der Waals surface area contributed by atoms with E-state index in [0.29, 0.717) is 11.7 Å². The van der Waals surface area contributed by atoms with Gasteiger partial charge in [-0.3, -0.25) is 0 Å². The fourth-order valence-electron chi connectivity index (χ4n) is 1.63. The molecule has 2 aromatic rings. The second kappa shape index (κ2) is 4.90. The lowest BCUT2D eigenvalue weighted by molar-refractivity contribution is 0.379. The first kappa shape index (κ1) is 10.8. The van der Waals surface area contributed by atoms with Crippen molar-refractivity contribution in [1.29, 1.82) is 0 Å². The van der Waals surface area contributed by atoms with Crippen molar-refractivity contribution in [1.82, 2.24) is 15.5 Å². The van der Waals surface area contributed by atoms with E-state index in [-0.39, 0.29) is 6.04 Å². The van der Waals surface area contributed by atoms with E-state index in [2.05, 4.69) is 27.6 Å². The normalized spacial score (nSPS) is 12.6. The molecule has 0 aliphatic rings. The first-order valence-corrected chi connectivity index (χ1v) is 5.31. The maximum absolute atomic E-state index is 4.98. The number of likely N-dealkylation sites (N-methyl/N-ethyl adjacent to an activating group) is 1. The number of rotatable bonds is 4. The third-order valence-corrected chi connectivity index (χ3v) is 2.49. The Morgan fingerprint density at radius 2 is 2.06 bits per heavy atom. The number of aryl methyl sites for hydroxylation is 1. The summed E-state index contributed by atoms with van der Waals surface area (Å²) in [5, 5.41) is 7.13. The van der Waals surface area contributed by atoms with Crippen LogP contribution in [-0.4, -0.2) is 17.2 Å². The largest absolute Gasteiger partial charge is 0.340 e. The molecule has 1 aromatic heterocycles. The second-order valence-corrected chi connectivity index (χ2v) is 3.70. The Kier molecular flexibility index (Phi) is 3.31. The van der Waals surface area contributed by atoms with Gasteiger partial charge in [-0.05, 0) is 19.0 Å². The average Bonchev–Trinajstić information content (AvgIpc) is 2.74. The highest BCUT2D eigenvalue weighted by molar-refractivity contribution is 5.17. The zero-order valence-corrected chi connectivity index (χ0v) is 9.47. The molecule has 2 rings (SSSR count). The number of nitrogens with one attached hydrogen (secondary N) is 1. The van der Waals surface area contributed by atoms with E-state index in [1.807, 2.05) is 25.2 Å². The molecular formula is C12H15N3O. The molecule has 4 heteroatoms. The predicted octanol–water partition coefficient (Wildman–Crippen LogP) is 1.88. The Labute approximate surface area is 94.7 Å². The minimum Gasteiger partial charge on any atom is -0.340 e. The lowest BCUT2D eigenvalue weighted by Crippen LogP contribution is -2.20. The van der Waals surface area contributed by atoms with E-state index in [4.69, 9.17) is 4.52 Å². The van der Waals surface area contributed by atoms with Gasteiger partial charge in [-0.2, -0.15) is 4.98 Å². The minimum absolute atomic E-state index is 0.0971. The second-order valence-electron chi connectivity index (χ2n) is 3.70. The molecule has 4 nitrogen and oxygen atoms in total. The number of aromatic nitrogens is 2. The van der Waals surface area contributed by atoms with Gasteiger partial charge in [0.2, 0.25) is 5.89 Å². The van der Waals surface area contributed by atoms with E-state index in [1.54, 1.807) is 6.92 Å². The molecule has 0 aliphatic carbocycles. The van der Waals surface area contributed by atoms with Crippen molar-refractivity contribution in [2.24, 2.45) is 0 Å². The summed E-state index contributed by atoms with van der Waals surface area (Å²) in [5.74, 6) is 1.31. The highest BCUT2D eigenvalue weighted by Gasteiger charge is 2.15. The smallest absolute Gasteiger partial charge is 0.223 e. The molecule has 0 radical (unpaired) electrons. The van der Waals surface area contributed by atoms with E-state index < -0.39 is 0 Å². The van der Waals surface area contributed by atoms with Crippen LogP contribution in [0.1, 0.15) is 23.3 Å². The van der Waals surface area contributed by atoms with Gasteiger partial charge in [0.05, 0.1) is 6.04 Å². The van der Waals surface area contributed by atoms with Crippen LogP contribution in [0.4, 0.5) is 0 Å². The molecule has 0 fully saturated rings. The van der Waals surface area contributed by atoms with Gasteiger partial charge in [-0.25, -0.2) is 0 Å². The van der Waals surface area contributed by atoms with Gasteiger partial charge in [-0.1, -0.05) is 35.5 Å². The molecule has 0 saturated carbocycles. The fraction of sp³-hybridized carbons (Fsp3) is 0.333. The Hall–Kier alpha value is -1.68. The van der Waals surface area contributed by atoms with E-state index >= 15 is 0 Å². The number of hydrogen-bond acceptors (Lipinski definition) is 4. The van der Waals surface area contributed by atoms with E-state index in [0.717, 1.165) is 6.42 Å². The molecule has 0 bridgehead atoms. The summed E-state index contributed by atoms with van der Waals surface area (Å²) in [5.41, 5.74) is 1.25. The van der Waals surface area contributed by atoms with Crippen LogP contribution in [0.3, 0.4) is 0 Å². The van der Waals surface area contributed by atoms with Gasteiger partial charge >= 0.3 is 0 Å². The van der Waals surface area contributed by atoms with Crippen molar-refractivity contribution >= 4 is 0 Å². The van der Waals surface area contributed by atoms with Crippen LogP contribution < -0.4 is 5.32 Å². The molecule has 0 aliphatic heterocycles. The van der Waals surface area contributed by atoms with Gasteiger partial charge in [0.1, 0.15) is 0 Å². The first-order valence-electron chi connectivity index (χ1n) is 5.31. The zero-order valence-electron chi connectivity index (χ0n) is 9.47. The fourth-order valence-corrected chi connectivity index (χ4v) is 1.63. The summed E-state index contributed by atoms with van der Waals surface area (Å²) in [6.07, 6.45) is 0.857. The third kappa shape index (κ3) is 2.46. The first-order chi connectivity index (χ1) is 7.79. The van der Waals surface area contributed by atoms with Crippen LogP contribution in [0, 0.1) is 6.92 Å². The highest BCUT2D eigenvalue weighted by atomic mass is 16.5. The monoisotopic (exact) mass is 217 g/mol. The molecular weight excluding hydrogens is 202 g/mol. The minimum atomic E-state index is 0.0971. The maximum atomic E-state index is 4.98. The molecule has 0 spiro atoms. The number of nitrogens with zero attached hydrogens (tertiary/aromatic N) is 2. The van der Waals surface area contributed by atoms with Crippen molar-refractivity contribution in [3.8, 4) is 0 Å². The van der Waals surface area contributed by atoms with Crippen LogP contribution in [0.15, 0.2) is 34.9 Å². The zero-order chi connectivity index (χ0) is 11.4. The third-order valence-electron chi connectivity index (χ3n) is 2.49. The maximum Gasteiger partial charge on any atom is 0.223 e. The molecule has 0 unspecified atom stereocenters. The quantitative estimate of drug-likeness (QED) is 0.849. The van der Waals surface area contributed by atoms with Crippen molar-refractivity contribution in [2.75, 3.05) is 7.05 Å². The topological polar surface area (TPSA) is 51.0 Å². The SMILES string of the molecule is CN[C@@H](Cc1ccccc1)c1noc(C)n1. The van der Waals surface area contributed by atoms with Crippen LogP contribution in [-0.2, 0) is 6.42 Å². The Morgan fingerprint density at radius 1 is 1.31 bits per heavy atom. The highest BCUT2D eigenvalue weighted by Crippen LogP contribution is 2.14. The molecule has 1 atom stereocenters. The number of benzene rings is 1. The van der Waals surface area contributed by atoms with Gasteiger partial charge in [0.25, 0.3) is 0 Å². The lowest BCUT2D eigenvalue weighted by Gasteiger charge is -2.11. The summed E-state index contributed by atoms with van der Waals surface area (Å²) in [7, 11) is 1.90. The Morgan fingerprint density at radius 3 is 2.62 bits per heavy atom. The summed E-state index contributed by atoms with van der Waals surface area (Å²) in [6.45, 7) is 1.80. The summed E-state index contributed by atoms with van der Waals surface area (Å²) in [6, 6.07) is 10.4. The lowest BCUT2D eigenvalue weighted by atomic mass is 10.1. The van der Waals surface area contributed by atoms with Crippen molar-refractivity contribution in [3.63, 3.8) is 0 Å². The summed E-state index contributed by atoms with van der Waals surface area (Å²) in [4.78, 5) is 4.24. The molecule has 84 valence electrons. The molecule has 1 heterocycles. The standard InChI is InChI=1S/C12H15N3O/c1-9-14-12(15-16-9)11(13-2)8-10-6-4-3-5-7-10/h3-7,11,13H,8H2,1-2H3/t11-/m0/s1. The van der Waals surface area contributed by atoms with Gasteiger partial charge in [0.15, 0.2) is 5.82 Å². The molecule has 0 saturated heterocycles. The molecule has 0 amide bonds. The molecule has 16 heavy (non-hydrogen) atoms. The van der Waals surface area contributed by atoms with Crippen molar-refractivity contribution in [3.05, 3.63) is 47.6 Å². The van der Waals surface area contributed by atoms with Crippen LogP contribution in [0.25, 0.3) is 0 Å². The van der Waals surface area contributed by atoms with E-state index in [9.17, 15) is 0 Å². The molecule has 1 aromatic carbocycles. The van der Waals surface area contributed by atoms with Gasteiger partial charge in [-0.15, -0.1) is 0 Å². The van der Waals surface area contributed by atoms with Crippen LogP contribution in [0.5, 0.6) is 0 Å². The summed E-state index contributed by atoms with van der Waals surface area (Å²) >= 11 is 0. The van der Waals surface area contributed by atoms with Crippen molar-refractivity contribution < 1.29 is 4.52 Å². The summed E-state index contributed by atoms with van der Waals surface area (Å²) < 4.78 is 4.98. The van der Waals surface area contributed by atoms with Crippen LogP contribution >= 0.6 is 0 Å². The Bertz CT molecular complexity index is 439. The average molecular weight is 217 g/mol. The Balaban J connectivity index is 2.12. The predicted molar refractivity (Wildman–Crippen MR) is 61.0 cm³/mol. The van der Waals surface area contributed by atoms with Gasteiger partial charge < -0.3 is 9.84 Å². The molecule has 1 N–H and O–H groups in total. The van der Waals surface area contributed by atoms with Crippen LogP contribution in [0.2, 0.25) is 0 Å².